The van der Waals surface area contributed by atoms with Crippen molar-refractivity contribution in [1.82, 2.24) is 20.1 Å². The Hall–Kier alpha value is -2.06. The molecule has 0 saturated carbocycles. The van der Waals surface area contributed by atoms with Gasteiger partial charge in [-0.3, -0.25) is 9.36 Å². The zero-order valence-corrected chi connectivity index (χ0v) is 18.3. The van der Waals surface area contributed by atoms with Crippen molar-refractivity contribution in [3.63, 3.8) is 0 Å². The highest BCUT2D eigenvalue weighted by atomic mass is 35.5. The van der Waals surface area contributed by atoms with Crippen LogP contribution in [0, 0.1) is 6.92 Å². The van der Waals surface area contributed by atoms with E-state index in [0.717, 1.165) is 5.75 Å². The number of amides is 1. The van der Waals surface area contributed by atoms with Gasteiger partial charge in [0.1, 0.15) is 6.61 Å². The van der Waals surface area contributed by atoms with E-state index < -0.39 is 0 Å². The van der Waals surface area contributed by atoms with E-state index in [-0.39, 0.29) is 19.1 Å². The van der Waals surface area contributed by atoms with Crippen LogP contribution in [0.25, 0.3) is 5.69 Å². The average Bonchev–Trinajstić information content (AvgIpc) is 3.09. The van der Waals surface area contributed by atoms with Gasteiger partial charge in [0.05, 0.1) is 17.3 Å². The molecule has 29 heavy (non-hydrogen) atoms. The van der Waals surface area contributed by atoms with Gasteiger partial charge >= 0.3 is 0 Å². The van der Waals surface area contributed by atoms with Crippen LogP contribution in [0.5, 0.6) is 0 Å². The lowest BCUT2D eigenvalue weighted by Gasteiger charge is -2.13. The maximum absolute atomic E-state index is 11.8. The van der Waals surface area contributed by atoms with Crippen molar-refractivity contribution in [2.75, 3.05) is 13.7 Å². The molecule has 0 aliphatic rings. The standard InChI is InChI=1S/C20H20Cl2N4O2S/c1-13-5-3-4-6-14(13)12-29-20-25-24-18(10-23-19(27)11-28-2)26(20)17-8-7-15(21)9-16(17)22/h3-9H,10-12H2,1-2H3,(H,23,27). The van der Waals surface area contributed by atoms with Crippen LogP contribution in [0.15, 0.2) is 47.6 Å². The van der Waals surface area contributed by atoms with Crippen LogP contribution < -0.4 is 5.32 Å². The van der Waals surface area contributed by atoms with E-state index in [0.29, 0.717) is 26.7 Å². The molecule has 6 nitrogen and oxygen atoms in total. The molecule has 2 aromatic carbocycles. The Kier molecular flexibility index (Phi) is 7.55. The first-order valence-corrected chi connectivity index (χ1v) is 10.6. The van der Waals surface area contributed by atoms with Gasteiger partial charge in [-0.15, -0.1) is 10.2 Å². The zero-order chi connectivity index (χ0) is 20.8. The largest absolute Gasteiger partial charge is 0.375 e. The van der Waals surface area contributed by atoms with E-state index in [4.69, 9.17) is 27.9 Å². The molecule has 0 radical (unpaired) electrons. The van der Waals surface area contributed by atoms with Crippen molar-refractivity contribution in [3.05, 3.63) is 69.5 Å². The first kappa shape index (κ1) is 21.6. The van der Waals surface area contributed by atoms with Gasteiger partial charge in [-0.25, -0.2) is 0 Å². The highest BCUT2D eigenvalue weighted by Crippen LogP contribution is 2.31. The number of carbonyl (C=O) groups is 1. The fourth-order valence-corrected chi connectivity index (χ4v) is 4.22. The van der Waals surface area contributed by atoms with Crippen LogP contribution in [0.4, 0.5) is 0 Å². The van der Waals surface area contributed by atoms with E-state index in [2.05, 4.69) is 34.6 Å². The smallest absolute Gasteiger partial charge is 0.246 e. The molecule has 1 amide bonds. The number of benzene rings is 2. The van der Waals surface area contributed by atoms with Crippen LogP contribution in [0.2, 0.25) is 10.0 Å². The fraction of sp³-hybridized carbons (Fsp3) is 0.250. The number of nitrogens with one attached hydrogen (secondary N) is 1. The minimum Gasteiger partial charge on any atom is -0.375 e. The van der Waals surface area contributed by atoms with Gasteiger partial charge in [0.15, 0.2) is 11.0 Å². The summed E-state index contributed by atoms with van der Waals surface area (Å²) in [7, 11) is 1.47. The van der Waals surface area contributed by atoms with Gasteiger partial charge in [0, 0.05) is 17.9 Å². The molecule has 0 saturated heterocycles. The van der Waals surface area contributed by atoms with Crippen LogP contribution in [-0.4, -0.2) is 34.4 Å². The molecule has 0 unspecified atom stereocenters. The summed E-state index contributed by atoms with van der Waals surface area (Å²) in [5.74, 6) is 1.05. The molecule has 1 N–H and O–H groups in total. The van der Waals surface area contributed by atoms with Crippen LogP contribution in [-0.2, 0) is 21.8 Å². The van der Waals surface area contributed by atoms with E-state index in [1.54, 1.807) is 23.9 Å². The second kappa shape index (κ2) is 10.1. The van der Waals surface area contributed by atoms with Gasteiger partial charge in [-0.1, -0.05) is 59.2 Å². The second-order valence-corrected chi connectivity index (χ2v) is 8.04. The molecular formula is C20H20Cl2N4O2S. The molecule has 3 aromatic rings. The number of hydrogen-bond acceptors (Lipinski definition) is 5. The molecular weight excluding hydrogens is 431 g/mol. The number of halogens is 2. The Balaban J connectivity index is 1.91. The van der Waals surface area contributed by atoms with Gasteiger partial charge < -0.3 is 10.1 Å². The molecule has 0 atom stereocenters. The molecule has 0 spiro atoms. The predicted octanol–water partition coefficient (Wildman–Crippen LogP) is 4.44. The summed E-state index contributed by atoms with van der Waals surface area (Å²) < 4.78 is 6.69. The summed E-state index contributed by atoms with van der Waals surface area (Å²) in [6.45, 7) is 2.25. The number of aromatic nitrogens is 3. The SMILES string of the molecule is COCC(=O)NCc1nnc(SCc2ccccc2C)n1-c1ccc(Cl)cc1Cl. The zero-order valence-electron chi connectivity index (χ0n) is 16.0. The third-order valence-electron chi connectivity index (χ3n) is 4.19. The minimum atomic E-state index is -0.238. The number of rotatable bonds is 8. The van der Waals surface area contributed by atoms with E-state index in [9.17, 15) is 4.79 Å². The van der Waals surface area contributed by atoms with Gasteiger partial charge in [0.2, 0.25) is 5.91 Å². The highest BCUT2D eigenvalue weighted by Gasteiger charge is 2.18. The minimum absolute atomic E-state index is 0.0231. The van der Waals surface area contributed by atoms with Gasteiger partial charge in [-0.2, -0.15) is 0 Å². The van der Waals surface area contributed by atoms with Crippen molar-refractivity contribution < 1.29 is 9.53 Å². The van der Waals surface area contributed by atoms with Crippen molar-refractivity contribution in [2.45, 2.75) is 24.4 Å². The number of carbonyl (C=O) groups excluding carboxylic acids is 1. The Morgan fingerprint density at radius 1 is 1.21 bits per heavy atom. The summed E-state index contributed by atoms with van der Waals surface area (Å²) in [5, 5.41) is 13.0. The molecule has 0 fully saturated rings. The van der Waals surface area contributed by atoms with Crippen LogP contribution in [0.3, 0.4) is 0 Å². The molecule has 9 heteroatoms. The van der Waals surface area contributed by atoms with E-state index >= 15 is 0 Å². The second-order valence-electron chi connectivity index (χ2n) is 6.25. The lowest BCUT2D eigenvalue weighted by Crippen LogP contribution is -2.28. The van der Waals surface area contributed by atoms with Gasteiger partial charge in [-0.05, 0) is 36.2 Å². The summed E-state index contributed by atoms with van der Waals surface area (Å²) in [4.78, 5) is 11.8. The molecule has 152 valence electrons. The summed E-state index contributed by atoms with van der Waals surface area (Å²) >= 11 is 14.0. The Labute approximate surface area is 183 Å². The van der Waals surface area contributed by atoms with Crippen molar-refractivity contribution in [3.8, 4) is 5.69 Å². The topological polar surface area (TPSA) is 69.0 Å². The quantitative estimate of drug-likeness (QED) is 0.513. The molecule has 0 aliphatic heterocycles. The summed E-state index contributed by atoms with van der Waals surface area (Å²) in [5.41, 5.74) is 3.12. The lowest BCUT2D eigenvalue weighted by atomic mass is 10.1. The third-order valence-corrected chi connectivity index (χ3v) is 5.70. The van der Waals surface area contributed by atoms with Gasteiger partial charge in [0.25, 0.3) is 0 Å². The van der Waals surface area contributed by atoms with E-state index in [1.807, 2.05) is 22.8 Å². The molecule has 3 rings (SSSR count). The fourth-order valence-electron chi connectivity index (χ4n) is 2.69. The molecule has 1 heterocycles. The molecule has 1 aromatic heterocycles. The number of ether oxygens (including phenoxy) is 1. The average molecular weight is 451 g/mol. The number of nitrogens with zero attached hydrogens (tertiary/aromatic N) is 3. The molecule has 0 bridgehead atoms. The Bertz CT molecular complexity index is 1010. The Morgan fingerprint density at radius 2 is 2.00 bits per heavy atom. The number of methoxy groups -OCH3 is 1. The van der Waals surface area contributed by atoms with Crippen molar-refractivity contribution >= 4 is 40.9 Å². The number of thioether (sulfide) groups is 1. The first-order chi connectivity index (χ1) is 14.0. The monoisotopic (exact) mass is 450 g/mol. The number of aryl methyl sites for hydroxylation is 1. The van der Waals surface area contributed by atoms with Crippen LogP contribution in [0.1, 0.15) is 17.0 Å². The molecule has 0 aliphatic carbocycles. The van der Waals surface area contributed by atoms with Crippen LogP contribution >= 0.6 is 35.0 Å². The first-order valence-electron chi connectivity index (χ1n) is 8.82. The number of hydrogen-bond donors (Lipinski definition) is 1. The maximum atomic E-state index is 11.8. The summed E-state index contributed by atoms with van der Waals surface area (Å²) in [6, 6.07) is 13.4. The summed E-state index contributed by atoms with van der Waals surface area (Å²) in [6.07, 6.45) is 0. The highest BCUT2D eigenvalue weighted by molar-refractivity contribution is 7.98. The maximum Gasteiger partial charge on any atom is 0.246 e. The normalized spacial score (nSPS) is 10.9. The van der Waals surface area contributed by atoms with Crippen molar-refractivity contribution in [1.29, 1.82) is 0 Å². The third kappa shape index (κ3) is 5.51. The van der Waals surface area contributed by atoms with E-state index in [1.165, 1.54) is 18.2 Å². The van der Waals surface area contributed by atoms with Crippen molar-refractivity contribution in [2.24, 2.45) is 0 Å². The lowest BCUT2D eigenvalue weighted by molar-refractivity contribution is -0.124. The predicted molar refractivity (Wildman–Crippen MR) is 116 cm³/mol. The Morgan fingerprint density at radius 3 is 2.72 bits per heavy atom.